The second-order valence-electron chi connectivity index (χ2n) is 3.74. The highest BCUT2D eigenvalue weighted by atomic mass is 35.5. The zero-order valence-electron chi connectivity index (χ0n) is 8.16. The van der Waals surface area contributed by atoms with Crippen molar-refractivity contribution in [1.82, 2.24) is 0 Å². The highest BCUT2D eigenvalue weighted by Crippen LogP contribution is 2.20. The Balaban J connectivity index is 1.92. The van der Waals surface area contributed by atoms with Gasteiger partial charge in [-0.2, -0.15) is 0 Å². The van der Waals surface area contributed by atoms with E-state index in [2.05, 4.69) is 12.2 Å². The van der Waals surface area contributed by atoms with Gasteiger partial charge in [0, 0.05) is 22.7 Å². The van der Waals surface area contributed by atoms with Crippen molar-refractivity contribution >= 4 is 17.3 Å². The summed E-state index contributed by atoms with van der Waals surface area (Å²) in [6, 6.07) is 8.25. The maximum Gasteiger partial charge on any atom is 0.0536 e. The minimum Gasteiger partial charge on any atom is -0.382 e. The summed E-state index contributed by atoms with van der Waals surface area (Å²) in [7, 11) is 0. The maximum atomic E-state index is 5.80. The fourth-order valence-electron chi connectivity index (χ4n) is 1.47. The predicted molar refractivity (Wildman–Crippen MR) is 58.8 cm³/mol. The van der Waals surface area contributed by atoms with Gasteiger partial charge in [0.1, 0.15) is 0 Å². The van der Waals surface area contributed by atoms with Crippen LogP contribution in [0.15, 0.2) is 24.3 Å². The molecule has 0 amide bonds. The van der Waals surface area contributed by atoms with Crippen molar-refractivity contribution in [3.8, 4) is 0 Å². The number of hydrogen-bond donors (Lipinski definition) is 1. The van der Waals surface area contributed by atoms with Crippen LogP contribution >= 0.6 is 11.6 Å². The molecule has 1 aromatic carbocycles. The van der Waals surface area contributed by atoms with Gasteiger partial charge in [-0.1, -0.05) is 11.6 Å². The molecule has 2 rings (SSSR count). The van der Waals surface area contributed by atoms with Gasteiger partial charge >= 0.3 is 0 Å². The van der Waals surface area contributed by atoms with Crippen LogP contribution in [-0.4, -0.2) is 19.3 Å². The van der Waals surface area contributed by atoms with Crippen LogP contribution in [0, 0.1) is 5.92 Å². The van der Waals surface area contributed by atoms with Crippen molar-refractivity contribution < 1.29 is 4.74 Å². The third-order valence-electron chi connectivity index (χ3n) is 2.61. The molecule has 1 unspecified atom stereocenters. The Morgan fingerprint density at radius 3 is 2.50 bits per heavy atom. The van der Waals surface area contributed by atoms with Crippen molar-refractivity contribution in [2.45, 2.75) is 13.0 Å². The van der Waals surface area contributed by atoms with Crippen LogP contribution in [0.2, 0.25) is 5.02 Å². The summed E-state index contributed by atoms with van der Waals surface area (Å²) in [6.45, 7) is 3.94. The quantitative estimate of drug-likeness (QED) is 0.830. The second kappa shape index (κ2) is 4.20. The van der Waals surface area contributed by atoms with Gasteiger partial charge in [0.15, 0.2) is 0 Å². The van der Waals surface area contributed by atoms with E-state index in [-0.39, 0.29) is 0 Å². The Labute approximate surface area is 89.2 Å². The molecule has 0 aromatic heterocycles. The van der Waals surface area contributed by atoms with Gasteiger partial charge in [0.25, 0.3) is 0 Å². The first-order valence-electron chi connectivity index (χ1n) is 4.85. The van der Waals surface area contributed by atoms with E-state index in [1.165, 1.54) is 0 Å². The first-order valence-corrected chi connectivity index (χ1v) is 5.23. The minimum atomic E-state index is 0.463. The molecule has 1 N–H and O–H groups in total. The standard InChI is InChI=1S/C11H14ClNO/c1-8(9-6-14-7-9)13-11-4-2-10(12)3-5-11/h2-5,8-9,13H,6-7H2,1H3. The highest BCUT2D eigenvalue weighted by molar-refractivity contribution is 6.30. The molecule has 1 heterocycles. The van der Waals surface area contributed by atoms with Crippen molar-refractivity contribution in [2.75, 3.05) is 18.5 Å². The molecule has 1 aliphatic heterocycles. The first kappa shape index (κ1) is 9.81. The molecule has 76 valence electrons. The summed E-state index contributed by atoms with van der Waals surface area (Å²) >= 11 is 5.80. The Morgan fingerprint density at radius 1 is 1.36 bits per heavy atom. The lowest BCUT2D eigenvalue weighted by Gasteiger charge is -2.32. The van der Waals surface area contributed by atoms with Crippen LogP contribution < -0.4 is 5.32 Å². The first-order chi connectivity index (χ1) is 6.75. The topological polar surface area (TPSA) is 21.3 Å². The molecule has 3 heteroatoms. The van der Waals surface area contributed by atoms with E-state index in [0.717, 1.165) is 23.9 Å². The fourth-order valence-corrected chi connectivity index (χ4v) is 1.60. The Bertz CT molecular complexity index is 295. The SMILES string of the molecule is CC(Nc1ccc(Cl)cc1)C1COC1. The van der Waals surface area contributed by atoms with Crippen LogP contribution in [-0.2, 0) is 4.74 Å². The van der Waals surface area contributed by atoms with E-state index >= 15 is 0 Å². The van der Waals surface area contributed by atoms with Crippen molar-refractivity contribution in [1.29, 1.82) is 0 Å². The average Bonchev–Trinajstić information content (AvgIpc) is 2.06. The van der Waals surface area contributed by atoms with Crippen molar-refractivity contribution in [3.63, 3.8) is 0 Å². The zero-order chi connectivity index (χ0) is 9.97. The molecule has 1 aliphatic rings. The zero-order valence-corrected chi connectivity index (χ0v) is 8.92. The largest absolute Gasteiger partial charge is 0.382 e. The van der Waals surface area contributed by atoms with Crippen LogP contribution in [0.1, 0.15) is 6.92 Å². The van der Waals surface area contributed by atoms with Crippen LogP contribution in [0.3, 0.4) is 0 Å². The summed E-state index contributed by atoms with van der Waals surface area (Å²) in [6.07, 6.45) is 0. The fraction of sp³-hybridized carbons (Fsp3) is 0.455. The third kappa shape index (κ3) is 2.20. The molecule has 1 fully saturated rings. The molecule has 0 aliphatic carbocycles. The lowest BCUT2D eigenvalue weighted by molar-refractivity contribution is -0.0379. The summed E-state index contributed by atoms with van der Waals surface area (Å²) in [5.41, 5.74) is 1.12. The van der Waals surface area contributed by atoms with Crippen molar-refractivity contribution in [2.24, 2.45) is 5.92 Å². The Hall–Kier alpha value is -0.730. The van der Waals surface area contributed by atoms with E-state index in [1.54, 1.807) is 0 Å². The average molecular weight is 212 g/mol. The van der Waals surface area contributed by atoms with E-state index in [4.69, 9.17) is 16.3 Å². The Kier molecular flexibility index (Phi) is 2.94. The van der Waals surface area contributed by atoms with Gasteiger partial charge < -0.3 is 10.1 Å². The number of halogens is 1. The number of hydrogen-bond acceptors (Lipinski definition) is 2. The monoisotopic (exact) mass is 211 g/mol. The van der Waals surface area contributed by atoms with Gasteiger partial charge in [0.2, 0.25) is 0 Å². The van der Waals surface area contributed by atoms with E-state index in [1.807, 2.05) is 24.3 Å². The normalized spacial score (nSPS) is 18.7. The van der Waals surface area contributed by atoms with E-state index in [9.17, 15) is 0 Å². The smallest absolute Gasteiger partial charge is 0.0536 e. The van der Waals surface area contributed by atoms with Gasteiger partial charge in [-0.25, -0.2) is 0 Å². The predicted octanol–water partition coefficient (Wildman–Crippen LogP) is 2.79. The van der Waals surface area contributed by atoms with Gasteiger partial charge in [-0.05, 0) is 31.2 Å². The number of rotatable bonds is 3. The number of anilines is 1. The van der Waals surface area contributed by atoms with Crippen LogP contribution in [0.5, 0.6) is 0 Å². The van der Waals surface area contributed by atoms with Gasteiger partial charge in [-0.15, -0.1) is 0 Å². The summed E-state index contributed by atoms with van der Waals surface area (Å²) < 4.78 is 5.15. The molecule has 2 nitrogen and oxygen atoms in total. The molecule has 0 bridgehead atoms. The molecule has 1 saturated heterocycles. The number of nitrogens with one attached hydrogen (secondary N) is 1. The number of ether oxygens (including phenoxy) is 1. The number of benzene rings is 1. The molecule has 1 atom stereocenters. The molecular weight excluding hydrogens is 198 g/mol. The molecule has 1 aromatic rings. The highest BCUT2D eigenvalue weighted by Gasteiger charge is 2.24. The molecular formula is C11H14ClNO. The lowest BCUT2D eigenvalue weighted by atomic mass is 9.99. The lowest BCUT2D eigenvalue weighted by Crippen LogP contribution is -2.40. The molecule has 0 radical (unpaired) electrons. The maximum absolute atomic E-state index is 5.80. The summed E-state index contributed by atoms with van der Waals surface area (Å²) in [5, 5.41) is 4.21. The second-order valence-corrected chi connectivity index (χ2v) is 4.17. The van der Waals surface area contributed by atoms with E-state index in [0.29, 0.717) is 12.0 Å². The molecule has 0 saturated carbocycles. The minimum absolute atomic E-state index is 0.463. The summed E-state index contributed by atoms with van der Waals surface area (Å²) in [5.74, 6) is 0.644. The van der Waals surface area contributed by atoms with Crippen LogP contribution in [0.4, 0.5) is 5.69 Å². The van der Waals surface area contributed by atoms with Gasteiger partial charge in [-0.3, -0.25) is 0 Å². The van der Waals surface area contributed by atoms with Crippen molar-refractivity contribution in [3.05, 3.63) is 29.3 Å². The summed E-state index contributed by atoms with van der Waals surface area (Å²) in [4.78, 5) is 0. The van der Waals surface area contributed by atoms with E-state index < -0.39 is 0 Å². The molecule has 0 spiro atoms. The van der Waals surface area contributed by atoms with Crippen LogP contribution in [0.25, 0.3) is 0 Å². The van der Waals surface area contributed by atoms with Gasteiger partial charge in [0.05, 0.1) is 13.2 Å². The Morgan fingerprint density at radius 2 is 2.00 bits per heavy atom. The molecule has 14 heavy (non-hydrogen) atoms. The third-order valence-corrected chi connectivity index (χ3v) is 2.86.